The van der Waals surface area contributed by atoms with Gasteiger partial charge in [0.05, 0.1) is 5.52 Å². The first-order valence-electron chi connectivity index (χ1n) is 5.49. The van der Waals surface area contributed by atoms with E-state index < -0.39 is 0 Å². The van der Waals surface area contributed by atoms with E-state index in [9.17, 15) is 0 Å². The number of rotatable bonds is 1. The van der Waals surface area contributed by atoms with Gasteiger partial charge in [-0.2, -0.15) is 4.98 Å². The topological polar surface area (TPSA) is 44.8 Å². The lowest BCUT2D eigenvalue weighted by Gasteiger charge is -2.25. The molecular formula is C11H14N4. The maximum Gasteiger partial charge on any atom is 0.205 e. The molecule has 1 fully saturated rings. The molecule has 0 unspecified atom stereocenters. The smallest absolute Gasteiger partial charge is 0.205 e. The number of fused-ring (bicyclic) bond motifs is 1. The van der Waals surface area contributed by atoms with Crippen molar-refractivity contribution in [1.29, 1.82) is 0 Å². The summed E-state index contributed by atoms with van der Waals surface area (Å²) >= 11 is 0. The number of anilines is 1. The summed E-state index contributed by atoms with van der Waals surface area (Å²) in [5, 5.41) is 0. The number of H-pyrrole nitrogens is 1. The van der Waals surface area contributed by atoms with Crippen molar-refractivity contribution in [2.75, 3.05) is 18.0 Å². The SMILES string of the molecule is c1cnc2nc(N3CCCCC3)[nH]c2c1. The Morgan fingerprint density at radius 1 is 1.20 bits per heavy atom. The monoisotopic (exact) mass is 202 g/mol. The average Bonchev–Trinajstić information content (AvgIpc) is 2.74. The minimum Gasteiger partial charge on any atom is -0.342 e. The standard InChI is InChI=1S/C11H14N4/c1-2-7-15(8-3-1)11-13-9-5-4-6-12-10(9)14-11/h4-6H,1-3,7-8H2,(H,12,13,14). The van der Waals surface area contributed by atoms with Crippen molar-refractivity contribution in [2.24, 2.45) is 0 Å². The van der Waals surface area contributed by atoms with Crippen LogP contribution in [-0.2, 0) is 0 Å². The van der Waals surface area contributed by atoms with Crippen molar-refractivity contribution in [3.05, 3.63) is 18.3 Å². The molecule has 1 saturated heterocycles. The van der Waals surface area contributed by atoms with E-state index in [-0.39, 0.29) is 0 Å². The van der Waals surface area contributed by atoms with Crippen LogP contribution < -0.4 is 4.90 Å². The van der Waals surface area contributed by atoms with E-state index in [4.69, 9.17) is 0 Å². The van der Waals surface area contributed by atoms with Crippen LogP contribution in [0.15, 0.2) is 18.3 Å². The minimum atomic E-state index is 0.818. The number of pyridine rings is 1. The molecule has 0 amide bonds. The normalized spacial score (nSPS) is 17.2. The highest BCUT2D eigenvalue weighted by atomic mass is 15.3. The van der Waals surface area contributed by atoms with Gasteiger partial charge in [-0.25, -0.2) is 4.98 Å². The van der Waals surface area contributed by atoms with Crippen LogP contribution in [0.3, 0.4) is 0 Å². The molecule has 4 nitrogen and oxygen atoms in total. The molecule has 3 rings (SSSR count). The molecule has 1 aliphatic heterocycles. The number of nitrogens with zero attached hydrogens (tertiary/aromatic N) is 3. The highest BCUT2D eigenvalue weighted by molar-refractivity contribution is 5.73. The van der Waals surface area contributed by atoms with Crippen molar-refractivity contribution in [1.82, 2.24) is 15.0 Å². The van der Waals surface area contributed by atoms with Crippen molar-refractivity contribution < 1.29 is 0 Å². The fraction of sp³-hybridized carbons (Fsp3) is 0.455. The second-order valence-corrected chi connectivity index (χ2v) is 3.98. The number of aromatic nitrogens is 3. The first-order chi connectivity index (χ1) is 7.43. The first kappa shape index (κ1) is 8.71. The van der Waals surface area contributed by atoms with Crippen LogP contribution in [0.25, 0.3) is 11.2 Å². The van der Waals surface area contributed by atoms with Crippen molar-refractivity contribution >= 4 is 17.1 Å². The lowest BCUT2D eigenvalue weighted by molar-refractivity contribution is 0.570. The maximum absolute atomic E-state index is 4.50. The van der Waals surface area contributed by atoms with Gasteiger partial charge in [-0.15, -0.1) is 0 Å². The highest BCUT2D eigenvalue weighted by Gasteiger charge is 2.14. The van der Waals surface area contributed by atoms with Crippen LogP contribution in [0, 0.1) is 0 Å². The molecule has 78 valence electrons. The molecule has 0 atom stereocenters. The van der Waals surface area contributed by atoms with Gasteiger partial charge in [0, 0.05) is 19.3 Å². The zero-order valence-corrected chi connectivity index (χ0v) is 8.61. The van der Waals surface area contributed by atoms with Crippen LogP contribution >= 0.6 is 0 Å². The molecule has 4 heteroatoms. The molecular weight excluding hydrogens is 188 g/mol. The second kappa shape index (κ2) is 3.53. The Hall–Kier alpha value is -1.58. The number of imidazole rings is 1. The van der Waals surface area contributed by atoms with Crippen LogP contribution in [0.4, 0.5) is 5.95 Å². The lowest BCUT2D eigenvalue weighted by atomic mass is 10.1. The second-order valence-electron chi connectivity index (χ2n) is 3.98. The highest BCUT2D eigenvalue weighted by Crippen LogP contribution is 2.19. The Bertz CT molecular complexity index is 423. The van der Waals surface area contributed by atoms with E-state index >= 15 is 0 Å². The average molecular weight is 202 g/mol. The summed E-state index contributed by atoms with van der Waals surface area (Å²) in [7, 11) is 0. The summed E-state index contributed by atoms with van der Waals surface area (Å²) in [6, 6.07) is 3.95. The van der Waals surface area contributed by atoms with E-state index in [0.717, 1.165) is 30.2 Å². The molecule has 0 aromatic carbocycles. The maximum atomic E-state index is 4.50. The Balaban J connectivity index is 1.96. The minimum absolute atomic E-state index is 0.818. The van der Waals surface area contributed by atoms with Gasteiger partial charge >= 0.3 is 0 Å². The molecule has 0 saturated carbocycles. The van der Waals surface area contributed by atoms with Crippen LogP contribution in [-0.4, -0.2) is 28.0 Å². The molecule has 1 aliphatic rings. The fourth-order valence-corrected chi connectivity index (χ4v) is 2.09. The van der Waals surface area contributed by atoms with Crippen LogP contribution in [0.2, 0.25) is 0 Å². The van der Waals surface area contributed by atoms with E-state index in [1.807, 2.05) is 12.1 Å². The molecule has 0 spiro atoms. The van der Waals surface area contributed by atoms with Gasteiger partial charge in [0.25, 0.3) is 0 Å². The summed E-state index contributed by atoms with van der Waals surface area (Å²) in [6.45, 7) is 2.22. The van der Waals surface area contributed by atoms with Gasteiger partial charge in [0.2, 0.25) is 5.95 Å². The number of aromatic amines is 1. The molecule has 0 radical (unpaired) electrons. The molecule has 2 aromatic rings. The zero-order valence-electron chi connectivity index (χ0n) is 8.61. The molecule has 15 heavy (non-hydrogen) atoms. The zero-order chi connectivity index (χ0) is 10.1. The third kappa shape index (κ3) is 1.56. The molecule has 2 aromatic heterocycles. The number of piperidine rings is 1. The fourth-order valence-electron chi connectivity index (χ4n) is 2.09. The number of hydrogen-bond donors (Lipinski definition) is 1. The van der Waals surface area contributed by atoms with Gasteiger partial charge in [0.15, 0.2) is 5.65 Å². The summed E-state index contributed by atoms with van der Waals surface area (Å²) in [6.07, 6.45) is 5.66. The van der Waals surface area contributed by atoms with E-state index in [0.29, 0.717) is 0 Å². The quantitative estimate of drug-likeness (QED) is 0.768. The summed E-state index contributed by atoms with van der Waals surface area (Å²) in [5.41, 5.74) is 1.84. The van der Waals surface area contributed by atoms with Gasteiger partial charge in [-0.3, -0.25) is 0 Å². The summed E-state index contributed by atoms with van der Waals surface area (Å²) in [4.78, 5) is 14.4. The van der Waals surface area contributed by atoms with Crippen LogP contribution in [0.1, 0.15) is 19.3 Å². The predicted octanol–water partition coefficient (Wildman–Crippen LogP) is 1.95. The summed E-state index contributed by atoms with van der Waals surface area (Å²) in [5.74, 6) is 0.975. The molecule has 1 N–H and O–H groups in total. The van der Waals surface area contributed by atoms with E-state index in [2.05, 4.69) is 19.9 Å². The first-order valence-corrected chi connectivity index (χ1v) is 5.49. The van der Waals surface area contributed by atoms with Crippen LogP contribution in [0.5, 0.6) is 0 Å². The number of hydrogen-bond acceptors (Lipinski definition) is 3. The Kier molecular flexibility index (Phi) is 2.05. The Morgan fingerprint density at radius 2 is 2.07 bits per heavy atom. The van der Waals surface area contributed by atoms with E-state index in [1.54, 1.807) is 6.20 Å². The third-order valence-electron chi connectivity index (χ3n) is 2.90. The van der Waals surface area contributed by atoms with Gasteiger partial charge in [-0.1, -0.05) is 0 Å². The van der Waals surface area contributed by atoms with Crippen molar-refractivity contribution in [2.45, 2.75) is 19.3 Å². The predicted molar refractivity (Wildman–Crippen MR) is 60.0 cm³/mol. The largest absolute Gasteiger partial charge is 0.342 e. The van der Waals surface area contributed by atoms with Crippen molar-refractivity contribution in [3.63, 3.8) is 0 Å². The third-order valence-corrected chi connectivity index (χ3v) is 2.90. The van der Waals surface area contributed by atoms with Gasteiger partial charge in [0.1, 0.15) is 0 Å². The van der Waals surface area contributed by atoms with E-state index in [1.165, 1.54) is 19.3 Å². The number of nitrogens with one attached hydrogen (secondary N) is 1. The van der Waals surface area contributed by atoms with Gasteiger partial charge < -0.3 is 9.88 Å². The van der Waals surface area contributed by atoms with Crippen molar-refractivity contribution in [3.8, 4) is 0 Å². The Labute approximate surface area is 88.3 Å². The van der Waals surface area contributed by atoms with Gasteiger partial charge in [-0.05, 0) is 31.4 Å². The molecule has 3 heterocycles. The lowest BCUT2D eigenvalue weighted by Crippen LogP contribution is -2.30. The molecule has 0 bridgehead atoms. The Morgan fingerprint density at radius 3 is 2.87 bits per heavy atom. The summed E-state index contributed by atoms with van der Waals surface area (Å²) < 4.78 is 0. The molecule has 0 aliphatic carbocycles.